The van der Waals surface area contributed by atoms with Crippen LogP contribution in [0.2, 0.25) is 0 Å². The van der Waals surface area contributed by atoms with Gasteiger partial charge in [-0.3, -0.25) is 9.69 Å². The Balaban J connectivity index is 2.58. The van der Waals surface area contributed by atoms with E-state index in [9.17, 15) is 9.59 Å². The Hall–Kier alpha value is -2.41. The van der Waals surface area contributed by atoms with E-state index in [1.165, 1.54) is 11.8 Å². The molecule has 1 heterocycles. The van der Waals surface area contributed by atoms with Crippen LogP contribution in [0, 0.1) is 0 Å². The van der Waals surface area contributed by atoms with Crippen molar-refractivity contribution in [2.24, 2.45) is 0 Å². The van der Waals surface area contributed by atoms with Gasteiger partial charge >= 0.3 is 5.97 Å². The van der Waals surface area contributed by atoms with Crippen molar-refractivity contribution in [1.82, 2.24) is 10.2 Å². The molecule has 0 bridgehead atoms. The number of methoxy groups -OCH3 is 1. The molecule has 1 N–H and O–H groups in total. The van der Waals surface area contributed by atoms with Gasteiger partial charge in [-0.15, -0.1) is 0 Å². The van der Waals surface area contributed by atoms with Crippen molar-refractivity contribution in [2.75, 3.05) is 13.7 Å². The van der Waals surface area contributed by atoms with E-state index in [0.29, 0.717) is 17.0 Å². The molecule has 1 aliphatic heterocycles. The largest absolute Gasteiger partial charge is 0.497 e. The Morgan fingerprint density at radius 2 is 1.92 bits per heavy atom. The third-order valence-electron chi connectivity index (χ3n) is 3.72. The zero-order valence-electron chi connectivity index (χ0n) is 14.1. The molecular formula is C17H20N2O4S. The zero-order valence-corrected chi connectivity index (χ0v) is 14.9. The first kappa shape index (κ1) is 17.9. The Kier molecular flexibility index (Phi) is 5.56. The average Bonchev–Trinajstić information content (AvgIpc) is 2.53. The third kappa shape index (κ3) is 3.41. The summed E-state index contributed by atoms with van der Waals surface area (Å²) in [5.74, 6) is -0.0530. The van der Waals surface area contributed by atoms with Gasteiger partial charge in [0.1, 0.15) is 5.75 Å². The number of allylic oxidation sites excluding steroid dienone is 1. The summed E-state index contributed by atoms with van der Waals surface area (Å²) in [6.45, 7) is 5.13. The molecule has 1 amide bonds. The van der Waals surface area contributed by atoms with Crippen LogP contribution in [0.15, 0.2) is 35.5 Å². The maximum atomic E-state index is 12.5. The van der Waals surface area contributed by atoms with Crippen LogP contribution in [0.25, 0.3) is 0 Å². The van der Waals surface area contributed by atoms with Gasteiger partial charge < -0.3 is 14.8 Å². The van der Waals surface area contributed by atoms with E-state index >= 15 is 0 Å². The number of carbonyl (C=O) groups excluding carboxylic acids is 2. The molecule has 2 rings (SSSR count). The number of esters is 1. The molecule has 1 aromatic carbocycles. The minimum Gasteiger partial charge on any atom is -0.497 e. The molecule has 0 saturated carbocycles. The molecule has 24 heavy (non-hydrogen) atoms. The van der Waals surface area contributed by atoms with Gasteiger partial charge in [-0.25, -0.2) is 4.79 Å². The van der Waals surface area contributed by atoms with E-state index in [0.717, 1.165) is 5.56 Å². The maximum absolute atomic E-state index is 12.5. The topological polar surface area (TPSA) is 67.9 Å². The minimum atomic E-state index is -0.638. The molecule has 0 spiro atoms. The summed E-state index contributed by atoms with van der Waals surface area (Å²) >= 11 is 5.29. The summed E-state index contributed by atoms with van der Waals surface area (Å²) in [7, 11) is 1.57. The molecule has 7 heteroatoms. The number of carbonyl (C=O) groups is 2. The molecule has 6 nitrogen and oxygen atoms in total. The summed E-state index contributed by atoms with van der Waals surface area (Å²) in [6, 6.07) is 6.52. The smallest absolute Gasteiger partial charge is 0.338 e. The summed E-state index contributed by atoms with van der Waals surface area (Å²) < 4.78 is 10.3. The van der Waals surface area contributed by atoms with Crippen LogP contribution < -0.4 is 10.1 Å². The van der Waals surface area contributed by atoms with Crippen molar-refractivity contribution in [3.8, 4) is 5.75 Å². The van der Waals surface area contributed by atoms with Crippen molar-refractivity contribution < 1.29 is 19.1 Å². The molecule has 1 atom stereocenters. The summed E-state index contributed by atoms with van der Waals surface area (Å²) in [6.07, 6.45) is 0. The SMILES string of the molecule is CCOC(=O)C1=C(C)NC(=S)N(C(C)=O)C1c1ccc(OC)cc1. The van der Waals surface area contributed by atoms with E-state index in [4.69, 9.17) is 21.7 Å². The minimum absolute atomic E-state index is 0.245. The van der Waals surface area contributed by atoms with Gasteiger partial charge in [-0.05, 0) is 43.8 Å². The standard InChI is InChI=1S/C17H20N2O4S/c1-5-23-16(21)14-10(2)18-17(24)19(11(3)20)15(14)12-6-8-13(22-4)9-7-12/h6-9,15H,5H2,1-4H3,(H,18,24). The van der Waals surface area contributed by atoms with E-state index in [1.807, 2.05) is 0 Å². The van der Waals surface area contributed by atoms with Gasteiger partial charge in [-0.1, -0.05) is 12.1 Å². The van der Waals surface area contributed by atoms with Gasteiger partial charge in [-0.2, -0.15) is 0 Å². The second-order valence-electron chi connectivity index (χ2n) is 5.25. The molecule has 0 fully saturated rings. The second-order valence-corrected chi connectivity index (χ2v) is 5.64. The molecule has 0 radical (unpaired) electrons. The fraction of sp³-hybridized carbons (Fsp3) is 0.353. The van der Waals surface area contributed by atoms with Crippen molar-refractivity contribution in [3.05, 3.63) is 41.1 Å². The van der Waals surface area contributed by atoms with Crippen molar-refractivity contribution in [2.45, 2.75) is 26.8 Å². The Labute approximate surface area is 146 Å². The van der Waals surface area contributed by atoms with Crippen molar-refractivity contribution >= 4 is 29.2 Å². The molecular weight excluding hydrogens is 328 g/mol. The van der Waals surface area contributed by atoms with E-state index < -0.39 is 12.0 Å². The Morgan fingerprint density at radius 3 is 2.42 bits per heavy atom. The second kappa shape index (κ2) is 7.44. The van der Waals surface area contributed by atoms with E-state index in [2.05, 4.69) is 5.32 Å². The maximum Gasteiger partial charge on any atom is 0.338 e. The number of amides is 1. The molecule has 1 aliphatic rings. The first-order valence-electron chi connectivity index (χ1n) is 7.53. The first-order chi connectivity index (χ1) is 11.4. The van der Waals surface area contributed by atoms with Crippen LogP contribution in [0.4, 0.5) is 0 Å². The van der Waals surface area contributed by atoms with E-state index in [1.54, 1.807) is 45.2 Å². The lowest BCUT2D eigenvalue weighted by atomic mass is 9.93. The number of ether oxygens (including phenoxy) is 2. The van der Waals surface area contributed by atoms with Crippen molar-refractivity contribution in [3.63, 3.8) is 0 Å². The Morgan fingerprint density at radius 1 is 1.29 bits per heavy atom. The average molecular weight is 348 g/mol. The molecule has 1 unspecified atom stereocenters. The predicted molar refractivity (Wildman–Crippen MR) is 93.3 cm³/mol. The lowest BCUT2D eigenvalue weighted by Crippen LogP contribution is -2.50. The number of hydrogen-bond acceptors (Lipinski definition) is 5. The highest BCUT2D eigenvalue weighted by molar-refractivity contribution is 7.80. The van der Waals surface area contributed by atoms with Crippen molar-refractivity contribution in [1.29, 1.82) is 0 Å². The highest BCUT2D eigenvalue weighted by atomic mass is 32.1. The summed E-state index contributed by atoms with van der Waals surface area (Å²) in [4.78, 5) is 26.0. The molecule has 1 aromatic rings. The lowest BCUT2D eigenvalue weighted by Gasteiger charge is -2.37. The number of benzene rings is 1. The lowest BCUT2D eigenvalue weighted by molar-refractivity contribution is -0.139. The zero-order chi connectivity index (χ0) is 17.9. The normalized spacial score (nSPS) is 17.4. The van der Waals surface area contributed by atoms with Crippen LogP contribution in [0.5, 0.6) is 5.75 Å². The highest BCUT2D eigenvalue weighted by Crippen LogP contribution is 2.35. The van der Waals surface area contributed by atoms with Crippen LogP contribution >= 0.6 is 12.2 Å². The van der Waals surface area contributed by atoms with Gasteiger partial charge in [0.05, 0.1) is 25.3 Å². The summed E-state index contributed by atoms with van der Waals surface area (Å²) in [5, 5.41) is 3.17. The predicted octanol–water partition coefficient (Wildman–Crippen LogP) is 2.31. The monoisotopic (exact) mass is 348 g/mol. The molecule has 0 aromatic heterocycles. The summed E-state index contributed by atoms with van der Waals surface area (Å²) in [5.41, 5.74) is 1.69. The molecule has 0 aliphatic carbocycles. The van der Waals surface area contributed by atoms with Crippen LogP contribution in [-0.2, 0) is 14.3 Å². The quantitative estimate of drug-likeness (QED) is 0.665. The molecule has 128 valence electrons. The third-order valence-corrected chi connectivity index (χ3v) is 4.01. The fourth-order valence-corrected chi connectivity index (χ4v) is 3.03. The number of nitrogens with zero attached hydrogens (tertiary/aromatic N) is 1. The van der Waals surface area contributed by atoms with Gasteiger partial charge in [0.15, 0.2) is 5.11 Å². The van der Waals surface area contributed by atoms with Gasteiger partial charge in [0.2, 0.25) is 5.91 Å². The van der Waals surface area contributed by atoms with E-state index in [-0.39, 0.29) is 17.6 Å². The van der Waals surface area contributed by atoms with Crippen LogP contribution in [-0.4, -0.2) is 35.6 Å². The number of thiocarbonyl (C=S) groups is 1. The number of rotatable bonds is 4. The number of hydrogen-bond donors (Lipinski definition) is 1. The van der Waals surface area contributed by atoms with Gasteiger partial charge in [0.25, 0.3) is 0 Å². The van der Waals surface area contributed by atoms with Gasteiger partial charge in [0, 0.05) is 12.6 Å². The first-order valence-corrected chi connectivity index (χ1v) is 7.94. The fourth-order valence-electron chi connectivity index (χ4n) is 2.64. The van der Waals surface area contributed by atoms with Crippen LogP contribution in [0.3, 0.4) is 0 Å². The molecule has 0 saturated heterocycles. The van der Waals surface area contributed by atoms with Crippen LogP contribution in [0.1, 0.15) is 32.4 Å². The number of nitrogens with one attached hydrogen (secondary N) is 1. The highest BCUT2D eigenvalue weighted by Gasteiger charge is 2.38. The Bertz CT molecular complexity index is 697.